The SMILES string of the molecule is CSc1ccc(C(CC(=O)O)NC(=O)CSCCC(C)C)cc1. The zero-order valence-electron chi connectivity index (χ0n) is 13.9. The van der Waals surface area contributed by atoms with Crippen LogP contribution < -0.4 is 5.32 Å². The Bertz CT molecular complexity index is 503. The summed E-state index contributed by atoms with van der Waals surface area (Å²) in [4.78, 5) is 24.2. The van der Waals surface area contributed by atoms with E-state index in [4.69, 9.17) is 5.11 Å². The zero-order valence-corrected chi connectivity index (χ0v) is 15.5. The van der Waals surface area contributed by atoms with E-state index in [1.807, 2.05) is 30.5 Å². The van der Waals surface area contributed by atoms with E-state index in [-0.39, 0.29) is 12.3 Å². The second kappa shape index (κ2) is 10.6. The van der Waals surface area contributed by atoms with E-state index in [1.165, 1.54) is 0 Å². The average Bonchev–Trinajstić information content (AvgIpc) is 2.50. The first kappa shape index (κ1) is 19.9. The quantitative estimate of drug-likeness (QED) is 0.493. The van der Waals surface area contributed by atoms with Crippen LogP contribution in [0.3, 0.4) is 0 Å². The summed E-state index contributed by atoms with van der Waals surface area (Å²) in [6, 6.07) is 7.16. The first-order valence-corrected chi connectivity index (χ1v) is 10.0. The van der Waals surface area contributed by atoms with Crippen LogP contribution in [0, 0.1) is 5.92 Å². The van der Waals surface area contributed by atoms with Crippen LogP contribution in [0.5, 0.6) is 0 Å². The lowest BCUT2D eigenvalue weighted by Gasteiger charge is -2.18. The normalized spacial score (nSPS) is 12.2. The van der Waals surface area contributed by atoms with Gasteiger partial charge in [0.05, 0.1) is 18.2 Å². The smallest absolute Gasteiger partial charge is 0.305 e. The number of amides is 1. The zero-order chi connectivity index (χ0) is 17.2. The van der Waals surface area contributed by atoms with Crippen LogP contribution >= 0.6 is 23.5 Å². The monoisotopic (exact) mass is 355 g/mol. The summed E-state index contributed by atoms with van der Waals surface area (Å²) in [5, 5.41) is 11.9. The molecule has 1 unspecified atom stereocenters. The predicted molar refractivity (Wildman–Crippen MR) is 98.1 cm³/mol. The third-order valence-corrected chi connectivity index (χ3v) is 5.04. The summed E-state index contributed by atoms with van der Waals surface area (Å²) in [5.41, 5.74) is 0.825. The van der Waals surface area contributed by atoms with Gasteiger partial charge in [0.25, 0.3) is 0 Å². The largest absolute Gasteiger partial charge is 0.481 e. The Morgan fingerprint density at radius 2 is 1.87 bits per heavy atom. The molecule has 0 aliphatic heterocycles. The van der Waals surface area contributed by atoms with Gasteiger partial charge < -0.3 is 10.4 Å². The Morgan fingerprint density at radius 3 is 2.39 bits per heavy atom. The highest BCUT2D eigenvalue weighted by Crippen LogP contribution is 2.21. The highest BCUT2D eigenvalue weighted by atomic mass is 32.2. The number of rotatable bonds is 10. The first-order valence-electron chi connectivity index (χ1n) is 7.65. The minimum Gasteiger partial charge on any atom is -0.481 e. The lowest BCUT2D eigenvalue weighted by Crippen LogP contribution is -2.31. The van der Waals surface area contributed by atoms with E-state index in [1.54, 1.807) is 23.5 Å². The van der Waals surface area contributed by atoms with Crippen molar-refractivity contribution in [3.8, 4) is 0 Å². The fourth-order valence-electron chi connectivity index (χ4n) is 1.98. The van der Waals surface area contributed by atoms with Gasteiger partial charge in [0.15, 0.2) is 0 Å². The standard InChI is InChI=1S/C17H25NO3S2/c1-12(2)8-9-23-11-16(19)18-15(10-17(20)21)13-4-6-14(22-3)7-5-13/h4-7,12,15H,8-11H2,1-3H3,(H,18,19)(H,20,21). The molecule has 0 radical (unpaired) electrons. The highest BCUT2D eigenvalue weighted by molar-refractivity contribution is 7.99. The summed E-state index contributed by atoms with van der Waals surface area (Å²) < 4.78 is 0. The Labute approximate surface area is 146 Å². The van der Waals surface area contributed by atoms with Gasteiger partial charge in [-0.25, -0.2) is 0 Å². The maximum absolute atomic E-state index is 12.0. The van der Waals surface area contributed by atoms with Crippen molar-refractivity contribution in [3.05, 3.63) is 29.8 Å². The number of nitrogens with one attached hydrogen (secondary N) is 1. The molecule has 1 rings (SSSR count). The lowest BCUT2D eigenvalue weighted by atomic mass is 10.0. The third kappa shape index (κ3) is 8.32. The minimum atomic E-state index is -0.920. The van der Waals surface area contributed by atoms with Gasteiger partial charge in [0.1, 0.15) is 0 Å². The molecule has 0 aliphatic rings. The van der Waals surface area contributed by atoms with Gasteiger partial charge in [-0.15, -0.1) is 11.8 Å². The molecule has 4 nitrogen and oxygen atoms in total. The molecular formula is C17H25NO3S2. The van der Waals surface area contributed by atoms with Crippen molar-refractivity contribution < 1.29 is 14.7 Å². The molecule has 1 aromatic carbocycles. The molecule has 128 valence electrons. The van der Waals surface area contributed by atoms with Gasteiger partial charge in [-0.2, -0.15) is 11.8 Å². The number of hydrogen-bond acceptors (Lipinski definition) is 4. The predicted octanol–water partition coefficient (Wildman–Crippen LogP) is 3.82. The van der Waals surface area contributed by atoms with E-state index in [9.17, 15) is 9.59 Å². The molecule has 6 heteroatoms. The fourth-order valence-corrected chi connectivity index (χ4v) is 3.44. The van der Waals surface area contributed by atoms with E-state index >= 15 is 0 Å². The highest BCUT2D eigenvalue weighted by Gasteiger charge is 2.18. The molecule has 23 heavy (non-hydrogen) atoms. The number of carboxylic acid groups (broad SMARTS) is 1. The minimum absolute atomic E-state index is 0.110. The topological polar surface area (TPSA) is 66.4 Å². The number of carboxylic acids is 1. The van der Waals surface area contributed by atoms with Crippen LogP contribution in [-0.2, 0) is 9.59 Å². The second-order valence-corrected chi connectivity index (χ2v) is 7.71. The van der Waals surface area contributed by atoms with Crippen molar-refractivity contribution in [3.63, 3.8) is 0 Å². The summed E-state index contributed by atoms with van der Waals surface area (Å²) >= 11 is 3.21. The molecule has 0 aliphatic carbocycles. The number of thioether (sulfide) groups is 2. The molecular weight excluding hydrogens is 330 g/mol. The van der Waals surface area contributed by atoms with Gasteiger partial charge in [0.2, 0.25) is 5.91 Å². The molecule has 0 saturated heterocycles. The van der Waals surface area contributed by atoms with Gasteiger partial charge in [-0.3, -0.25) is 9.59 Å². The number of aliphatic carboxylic acids is 1. The number of hydrogen-bond donors (Lipinski definition) is 2. The Morgan fingerprint density at radius 1 is 1.22 bits per heavy atom. The summed E-state index contributed by atoms with van der Waals surface area (Å²) in [6.45, 7) is 4.31. The van der Waals surface area contributed by atoms with E-state index in [0.717, 1.165) is 22.6 Å². The van der Waals surface area contributed by atoms with Gasteiger partial charge in [0, 0.05) is 4.90 Å². The maximum Gasteiger partial charge on any atom is 0.305 e. The molecule has 2 N–H and O–H groups in total. The molecule has 0 bridgehead atoms. The van der Waals surface area contributed by atoms with Crippen molar-refractivity contribution in [2.24, 2.45) is 5.92 Å². The summed E-state index contributed by atoms with van der Waals surface area (Å²) in [7, 11) is 0. The molecule has 0 heterocycles. The van der Waals surface area contributed by atoms with Crippen molar-refractivity contribution in [2.75, 3.05) is 17.8 Å². The van der Waals surface area contributed by atoms with Crippen molar-refractivity contribution in [1.29, 1.82) is 0 Å². The molecule has 1 amide bonds. The second-order valence-electron chi connectivity index (χ2n) is 5.73. The van der Waals surface area contributed by atoms with Crippen molar-refractivity contribution in [2.45, 2.75) is 37.6 Å². The molecule has 1 atom stereocenters. The van der Waals surface area contributed by atoms with E-state index in [2.05, 4.69) is 19.2 Å². The number of benzene rings is 1. The van der Waals surface area contributed by atoms with Gasteiger partial charge >= 0.3 is 5.97 Å². The number of carbonyl (C=O) groups is 2. The molecule has 0 fully saturated rings. The third-order valence-electron chi connectivity index (χ3n) is 3.30. The van der Waals surface area contributed by atoms with Crippen LogP contribution in [-0.4, -0.2) is 34.7 Å². The van der Waals surface area contributed by atoms with Crippen LogP contribution in [0.2, 0.25) is 0 Å². The molecule has 0 aromatic heterocycles. The molecule has 0 saturated carbocycles. The van der Waals surface area contributed by atoms with Crippen LogP contribution in [0.4, 0.5) is 0 Å². The van der Waals surface area contributed by atoms with Crippen molar-refractivity contribution >= 4 is 35.4 Å². The Kier molecular flexibility index (Phi) is 9.17. The van der Waals surface area contributed by atoms with Gasteiger partial charge in [-0.1, -0.05) is 26.0 Å². The van der Waals surface area contributed by atoms with E-state index < -0.39 is 12.0 Å². The lowest BCUT2D eigenvalue weighted by molar-refractivity contribution is -0.137. The van der Waals surface area contributed by atoms with Crippen LogP contribution in [0.15, 0.2) is 29.2 Å². The average molecular weight is 356 g/mol. The Hall–Kier alpha value is -1.14. The molecule has 1 aromatic rings. The van der Waals surface area contributed by atoms with Gasteiger partial charge in [-0.05, 0) is 42.0 Å². The first-order chi connectivity index (χ1) is 10.9. The summed E-state index contributed by atoms with van der Waals surface area (Å²) in [5.74, 6) is 0.902. The maximum atomic E-state index is 12.0. The Balaban J connectivity index is 2.59. The summed E-state index contributed by atoms with van der Waals surface area (Å²) in [6.07, 6.45) is 2.95. The van der Waals surface area contributed by atoms with Crippen molar-refractivity contribution in [1.82, 2.24) is 5.32 Å². The number of carbonyl (C=O) groups excluding carboxylic acids is 1. The van der Waals surface area contributed by atoms with E-state index in [0.29, 0.717) is 11.7 Å². The van der Waals surface area contributed by atoms with Crippen LogP contribution in [0.25, 0.3) is 0 Å². The fraction of sp³-hybridized carbons (Fsp3) is 0.529. The molecule has 0 spiro atoms. The van der Waals surface area contributed by atoms with Crippen LogP contribution in [0.1, 0.15) is 38.3 Å².